The molecule has 0 spiro atoms. The SMILES string of the molecule is CC1CN(c2nc(C3=CC(F)C=NC=C3)cc(=O)n2C)CCO1. The van der Waals surface area contributed by atoms with E-state index in [1.165, 1.54) is 29.1 Å². The van der Waals surface area contributed by atoms with Crippen molar-refractivity contribution in [2.75, 3.05) is 24.6 Å². The molecule has 6 nitrogen and oxygen atoms in total. The molecule has 0 bridgehead atoms. The molecule has 1 fully saturated rings. The lowest BCUT2D eigenvalue weighted by atomic mass is 10.1. The Bertz CT molecular complexity index is 738. The number of morpholine rings is 1. The molecule has 23 heavy (non-hydrogen) atoms. The van der Waals surface area contributed by atoms with E-state index >= 15 is 0 Å². The number of aromatic nitrogens is 2. The number of hydrogen-bond acceptors (Lipinski definition) is 5. The number of halogens is 1. The van der Waals surface area contributed by atoms with Crippen LogP contribution in [-0.2, 0) is 11.8 Å². The van der Waals surface area contributed by atoms with E-state index in [-0.39, 0.29) is 11.7 Å². The summed E-state index contributed by atoms with van der Waals surface area (Å²) >= 11 is 0. The quantitative estimate of drug-likeness (QED) is 0.825. The molecule has 7 heteroatoms. The van der Waals surface area contributed by atoms with E-state index in [4.69, 9.17) is 4.74 Å². The Hall–Kier alpha value is -2.28. The fourth-order valence-corrected chi connectivity index (χ4v) is 2.65. The van der Waals surface area contributed by atoms with Gasteiger partial charge in [0.25, 0.3) is 5.56 Å². The fourth-order valence-electron chi connectivity index (χ4n) is 2.65. The van der Waals surface area contributed by atoms with Crippen LogP contribution in [0.15, 0.2) is 34.2 Å². The number of alkyl halides is 1. The third-order valence-electron chi connectivity index (χ3n) is 3.84. The summed E-state index contributed by atoms with van der Waals surface area (Å²) in [6, 6.07) is 1.42. The lowest BCUT2D eigenvalue weighted by molar-refractivity contribution is 0.0523. The molecule has 0 N–H and O–H groups in total. The van der Waals surface area contributed by atoms with Crippen molar-refractivity contribution in [3.05, 3.63) is 40.5 Å². The summed E-state index contributed by atoms with van der Waals surface area (Å²) in [6.45, 7) is 3.89. The smallest absolute Gasteiger partial charge is 0.255 e. The van der Waals surface area contributed by atoms with Crippen LogP contribution in [0.1, 0.15) is 12.6 Å². The van der Waals surface area contributed by atoms with E-state index in [2.05, 4.69) is 9.98 Å². The maximum Gasteiger partial charge on any atom is 0.255 e. The van der Waals surface area contributed by atoms with Crippen molar-refractivity contribution in [3.8, 4) is 0 Å². The second kappa shape index (κ2) is 6.45. The van der Waals surface area contributed by atoms with Crippen LogP contribution in [0.3, 0.4) is 0 Å². The number of nitrogens with zero attached hydrogens (tertiary/aromatic N) is 4. The molecule has 0 saturated carbocycles. The largest absolute Gasteiger partial charge is 0.375 e. The molecule has 1 aromatic heterocycles. The minimum Gasteiger partial charge on any atom is -0.375 e. The summed E-state index contributed by atoms with van der Waals surface area (Å²) in [4.78, 5) is 22.7. The van der Waals surface area contributed by atoms with Crippen LogP contribution in [0.2, 0.25) is 0 Å². The lowest BCUT2D eigenvalue weighted by Crippen LogP contribution is -2.44. The number of rotatable bonds is 2. The predicted octanol–water partition coefficient (Wildman–Crippen LogP) is 1.32. The zero-order chi connectivity index (χ0) is 16.4. The number of ether oxygens (including phenoxy) is 1. The fraction of sp³-hybridized carbons (Fsp3) is 0.438. The molecule has 2 aliphatic rings. The van der Waals surface area contributed by atoms with E-state index in [9.17, 15) is 9.18 Å². The molecule has 3 rings (SSSR count). The van der Waals surface area contributed by atoms with Crippen LogP contribution < -0.4 is 10.5 Å². The summed E-state index contributed by atoms with van der Waals surface area (Å²) < 4.78 is 20.7. The molecule has 0 aliphatic carbocycles. The highest BCUT2D eigenvalue weighted by atomic mass is 19.1. The normalized spacial score (nSPS) is 24.5. The van der Waals surface area contributed by atoms with Gasteiger partial charge in [0.1, 0.15) is 0 Å². The molecule has 2 aliphatic heterocycles. The zero-order valence-electron chi connectivity index (χ0n) is 13.1. The Balaban J connectivity index is 2.02. The monoisotopic (exact) mass is 318 g/mol. The van der Waals surface area contributed by atoms with Crippen LogP contribution in [0.25, 0.3) is 5.57 Å². The van der Waals surface area contributed by atoms with Gasteiger partial charge in [-0.2, -0.15) is 0 Å². The predicted molar refractivity (Wildman–Crippen MR) is 87.6 cm³/mol. The minimum atomic E-state index is -1.29. The molecule has 0 radical (unpaired) electrons. The Kier molecular flexibility index (Phi) is 4.38. The molecular weight excluding hydrogens is 299 g/mol. The van der Waals surface area contributed by atoms with Crippen molar-refractivity contribution in [2.24, 2.45) is 12.0 Å². The highest BCUT2D eigenvalue weighted by Gasteiger charge is 2.21. The first-order valence-corrected chi connectivity index (χ1v) is 7.55. The van der Waals surface area contributed by atoms with Crippen LogP contribution in [0.5, 0.6) is 0 Å². The first-order valence-electron chi connectivity index (χ1n) is 7.55. The molecule has 2 unspecified atom stereocenters. The first-order chi connectivity index (χ1) is 11.0. The zero-order valence-corrected chi connectivity index (χ0v) is 13.1. The topological polar surface area (TPSA) is 59.7 Å². The Morgan fingerprint density at radius 1 is 1.43 bits per heavy atom. The highest BCUT2D eigenvalue weighted by Crippen LogP contribution is 2.20. The molecule has 122 valence electrons. The van der Waals surface area contributed by atoms with Gasteiger partial charge in [0.2, 0.25) is 5.95 Å². The third-order valence-corrected chi connectivity index (χ3v) is 3.84. The Morgan fingerprint density at radius 3 is 3.04 bits per heavy atom. The molecule has 2 atom stereocenters. The number of anilines is 1. The van der Waals surface area contributed by atoms with Gasteiger partial charge in [-0.05, 0) is 19.1 Å². The first kappa shape index (κ1) is 15.6. The van der Waals surface area contributed by atoms with Gasteiger partial charge in [-0.1, -0.05) is 0 Å². The van der Waals surface area contributed by atoms with Gasteiger partial charge in [0.05, 0.1) is 18.4 Å². The third kappa shape index (κ3) is 3.39. The van der Waals surface area contributed by atoms with E-state index < -0.39 is 6.17 Å². The Labute approximate surface area is 133 Å². The Morgan fingerprint density at radius 2 is 2.26 bits per heavy atom. The summed E-state index contributed by atoms with van der Waals surface area (Å²) in [7, 11) is 1.69. The molecule has 1 aromatic rings. The van der Waals surface area contributed by atoms with Crippen molar-refractivity contribution < 1.29 is 9.13 Å². The highest BCUT2D eigenvalue weighted by molar-refractivity contribution is 5.79. The van der Waals surface area contributed by atoms with Crippen LogP contribution in [0, 0.1) is 0 Å². The lowest BCUT2D eigenvalue weighted by Gasteiger charge is -2.32. The average molecular weight is 318 g/mol. The van der Waals surface area contributed by atoms with E-state index in [1.54, 1.807) is 13.1 Å². The molecule has 0 aromatic carbocycles. The van der Waals surface area contributed by atoms with E-state index in [0.717, 1.165) is 0 Å². The van der Waals surface area contributed by atoms with E-state index in [0.29, 0.717) is 36.9 Å². The number of aliphatic imine (C=N–C) groups is 1. The van der Waals surface area contributed by atoms with Crippen molar-refractivity contribution in [3.63, 3.8) is 0 Å². The van der Waals surface area contributed by atoms with Gasteiger partial charge in [-0.3, -0.25) is 14.4 Å². The van der Waals surface area contributed by atoms with Crippen LogP contribution in [0.4, 0.5) is 10.3 Å². The van der Waals surface area contributed by atoms with Crippen molar-refractivity contribution >= 4 is 17.7 Å². The van der Waals surface area contributed by atoms with Gasteiger partial charge in [-0.15, -0.1) is 0 Å². The summed E-state index contributed by atoms with van der Waals surface area (Å²) in [5.41, 5.74) is 0.820. The molecular formula is C16H19FN4O2. The summed E-state index contributed by atoms with van der Waals surface area (Å²) in [5, 5.41) is 0. The van der Waals surface area contributed by atoms with Gasteiger partial charge in [0, 0.05) is 44.2 Å². The molecule has 1 saturated heterocycles. The van der Waals surface area contributed by atoms with Crippen molar-refractivity contribution in [1.29, 1.82) is 0 Å². The van der Waals surface area contributed by atoms with Gasteiger partial charge in [-0.25, -0.2) is 9.37 Å². The second-order valence-corrected chi connectivity index (χ2v) is 5.65. The average Bonchev–Trinajstić information content (AvgIpc) is 2.74. The van der Waals surface area contributed by atoms with Crippen LogP contribution >= 0.6 is 0 Å². The van der Waals surface area contributed by atoms with Gasteiger partial charge < -0.3 is 9.64 Å². The summed E-state index contributed by atoms with van der Waals surface area (Å²) in [6.07, 6.45) is 4.54. The molecule has 3 heterocycles. The minimum absolute atomic E-state index is 0.0740. The number of allylic oxidation sites excluding steroid dienone is 3. The van der Waals surface area contributed by atoms with Gasteiger partial charge in [0.15, 0.2) is 6.17 Å². The van der Waals surface area contributed by atoms with E-state index in [1.807, 2.05) is 11.8 Å². The standard InChI is InChI=1S/C16H19FN4O2/c1-11-10-21(5-6-23-11)16-19-14(8-15(22)20(16)2)12-3-4-18-9-13(17)7-12/h3-4,7-9,11,13H,5-6,10H2,1-2H3. The maximum absolute atomic E-state index is 13.7. The summed E-state index contributed by atoms with van der Waals surface area (Å²) in [5.74, 6) is 0.567. The second-order valence-electron chi connectivity index (χ2n) is 5.65. The van der Waals surface area contributed by atoms with Crippen LogP contribution in [-0.4, -0.2) is 47.7 Å². The van der Waals surface area contributed by atoms with Gasteiger partial charge >= 0.3 is 0 Å². The van der Waals surface area contributed by atoms with Crippen molar-refractivity contribution in [1.82, 2.24) is 9.55 Å². The molecule has 0 amide bonds. The van der Waals surface area contributed by atoms with Crippen molar-refractivity contribution in [2.45, 2.75) is 19.2 Å². The number of hydrogen-bond donors (Lipinski definition) is 0. The maximum atomic E-state index is 13.7.